The van der Waals surface area contributed by atoms with Gasteiger partial charge >= 0.3 is 12.1 Å². The second-order valence-corrected chi connectivity index (χ2v) is 7.84. The highest BCUT2D eigenvalue weighted by Gasteiger charge is 2.42. The minimum atomic E-state index is -5.10. The van der Waals surface area contributed by atoms with Crippen LogP contribution < -0.4 is 11.1 Å². The first-order valence-electron chi connectivity index (χ1n) is 9.71. The number of fused-ring (bicyclic) bond motifs is 1. The molecule has 3 aromatic rings. The quantitative estimate of drug-likeness (QED) is 0.430. The molecule has 4 N–H and O–H groups in total. The van der Waals surface area contributed by atoms with Gasteiger partial charge < -0.3 is 20.8 Å². The van der Waals surface area contributed by atoms with Crippen LogP contribution in [0, 0.1) is 0 Å². The van der Waals surface area contributed by atoms with Crippen molar-refractivity contribution in [3.8, 4) is 0 Å². The summed E-state index contributed by atoms with van der Waals surface area (Å²) in [4.78, 5) is 25.8. The summed E-state index contributed by atoms with van der Waals surface area (Å²) in [6.07, 6.45) is -3.95. The molecule has 0 unspecified atom stereocenters. The van der Waals surface area contributed by atoms with E-state index < -0.39 is 24.2 Å². The fraction of sp³-hybridized carbons (Fsp3) is 0.273. The molecule has 0 saturated heterocycles. The third-order valence-electron chi connectivity index (χ3n) is 4.93. The average molecular weight is 468 g/mol. The first-order valence-corrected chi connectivity index (χ1v) is 10.1. The van der Waals surface area contributed by atoms with Crippen molar-refractivity contribution in [2.24, 2.45) is 5.73 Å². The molecule has 1 heterocycles. The fourth-order valence-corrected chi connectivity index (χ4v) is 3.55. The molecule has 2 aromatic carbocycles. The highest BCUT2D eigenvalue weighted by Crippen LogP contribution is 2.26. The van der Waals surface area contributed by atoms with Gasteiger partial charge in [-0.3, -0.25) is 4.79 Å². The number of H-pyrrole nitrogens is 1. The van der Waals surface area contributed by atoms with Gasteiger partial charge in [0, 0.05) is 40.3 Å². The zero-order valence-corrected chi connectivity index (χ0v) is 17.8. The Morgan fingerprint density at radius 2 is 1.97 bits per heavy atom. The summed E-state index contributed by atoms with van der Waals surface area (Å²) in [6, 6.07) is 11.0. The Morgan fingerprint density at radius 1 is 1.22 bits per heavy atom. The number of esters is 1. The van der Waals surface area contributed by atoms with Crippen molar-refractivity contribution >= 4 is 34.4 Å². The van der Waals surface area contributed by atoms with Crippen LogP contribution in [-0.4, -0.2) is 35.6 Å². The maximum absolute atomic E-state index is 12.7. The molecule has 32 heavy (non-hydrogen) atoms. The van der Waals surface area contributed by atoms with E-state index in [1.807, 2.05) is 6.92 Å². The molecule has 10 heteroatoms. The standard InChI is InChI=1S/C22H21ClF3N3O3/c1-12(7-15-10-29-18-9-14(20(27)30)5-6-17(15)18)28-11-19(32-21(31)22(24,25)26)13-3-2-4-16(23)8-13/h2-6,8-10,12,19,28-29H,7,11H2,1H3,(H2,27,30)/t12-,19-/m1/s1. The predicted molar refractivity (Wildman–Crippen MR) is 114 cm³/mol. The smallest absolute Gasteiger partial charge is 0.449 e. The summed E-state index contributed by atoms with van der Waals surface area (Å²) in [5, 5.41) is 4.33. The van der Waals surface area contributed by atoms with Crippen LogP contribution in [0.1, 0.15) is 34.5 Å². The van der Waals surface area contributed by atoms with Crippen molar-refractivity contribution in [1.82, 2.24) is 10.3 Å². The fourth-order valence-electron chi connectivity index (χ4n) is 3.35. The Bertz CT molecular complexity index is 1130. The predicted octanol–water partition coefficient (Wildman–Crippen LogP) is 4.29. The molecule has 2 atom stereocenters. The molecule has 0 bridgehead atoms. The molecule has 6 nitrogen and oxygen atoms in total. The zero-order chi connectivity index (χ0) is 23.5. The van der Waals surface area contributed by atoms with Gasteiger partial charge in [0.05, 0.1) is 0 Å². The van der Waals surface area contributed by atoms with E-state index in [4.69, 9.17) is 22.1 Å². The summed E-state index contributed by atoms with van der Waals surface area (Å²) in [5.41, 5.74) is 7.73. The molecule has 0 radical (unpaired) electrons. The third kappa shape index (κ3) is 5.80. The van der Waals surface area contributed by atoms with Gasteiger partial charge in [-0.05, 0) is 48.7 Å². The van der Waals surface area contributed by atoms with Gasteiger partial charge in [0.1, 0.15) is 6.10 Å². The lowest BCUT2D eigenvalue weighted by Crippen LogP contribution is -2.35. The zero-order valence-electron chi connectivity index (χ0n) is 17.0. The number of aromatic amines is 1. The van der Waals surface area contributed by atoms with Crippen LogP contribution in [0.2, 0.25) is 5.02 Å². The Hall–Kier alpha value is -3.04. The maximum Gasteiger partial charge on any atom is 0.490 e. The molecule has 170 valence electrons. The van der Waals surface area contributed by atoms with Crippen LogP contribution in [0.5, 0.6) is 0 Å². The average Bonchev–Trinajstić information content (AvgIpc) is 3.12. The molecular weight excluding hydrogens is 447 g/mol. The molecule has 0 saturated carbocycles. The molecular formula is C22H21ClF3N3O3. The number of ether oxygens (including phenoxy) is 1. The molecule has 0 fully saturated rings. The largest absolute Gasteiger partial charge is 0.490 e. The second kappa shape index (κ2) is 9.62. The summed E-state index contributed by atoms with van der Waals surface area (Å²) in [5.74, 6) is -2.79. The number of amides is 1. The number of nitrogens with two attached hydrogens (primary N) is 1. The van der Waals surface area contributed by atoms with Crippen molar-refractivity contribution < 1.29 is 27.5 Å². The Balaban J connectivity index is 1.70. The number of alkyl halides is 3. The van der Waals surface area contributed by atoms with E-state index in [0.717, 1.165) is 16.5 Å². The third-order valence-corrected chi connectivity index (χ3v) is 5.17. The number of primary amides is 1. The van der Waals surface area contributed by atoms with Crippen LogP contribution in [0.3, 0.4) is 0 Å². The maximum atomic E-state index is 12.7. The summed E-state index contributed by atoms with van der Waals surface area (Å²) < 4.78 is 42.9. The normalized spacial score (nSPS) is 13.7. The minimum absolute atomic E-state index is 0.0441. The summed E-state index contributed by atoms with van der Waals surface area (Å²) in [7, 11) is 0. The first kappa shape index (κ1) is 23.6. The van der Waals surface area contributed by atoms with E-state index in [0.29, 0.717) is 22.6 Å². The van der Waals surface area contributed by atoms with Gasteiger partial charge in [0.2, 0.25) is 5.91 Å². The van der Waals surface area contributed by atoms with Gasteiger partial charge in [-0.1, -0.05) is 29.8 Å². The number of nitrogens with one attached hydrogen (secondary N) is 2. The van der Waals surface area contributed by atoms with Crippen molar-refractivity contribution in [3.63, 3.8) is 0 Å². The number of hydrogen-bond acceptors (Lipinski definition) is 4. The number of halogens is 4. The van der Waals surface area contributed by atoms with E-state index >= 15 is 0 Å². The molecule has 0 spiro atoms. The Labute approximate surface area is 186 Å². The lowest BCUT2D eigenvalue weighted by Gasteiger charge is -2.22. The summed E-state index contributed by atoms with van der Waals surface area (Å²) >= 11 is 5.94. The van der Waals surface area contributed by atoms with Crippen LogP contribution in [0.4, 0.5) is 13.2 Å². The van der Waals surface area contributed by atoms with Gasteiger partial charge in [-0.15, -0.1) is 0 Å². The van der Waals surface area contributed by atoms with E-state index in [-0.39, 0.29) is 12.6 Å². The topological polar surface area (TPSA) is 97.2 Å². The number of hydrogen-bond donors (Lipinski definition) is 3. The Kier molecular flexibility index (Phi) is 7.10. The Morgan fingerprint density at radius 3 is 2.62 bits per heavy atom. The van der Waals surface area contributed by atoms with E-state index in [2.05, 4.69) is 10.3 Å². The molecule has 3 rings (SSSR count). The lowest BCUT2D eigenvalue weighted by atomic mass is 10.0. The van der Waals surface area contributed by atoms with Gasteiger partial charge in [-0.2, -0.15) is 13.2 Å². The van der Waals surface area contributed by atoms with Crippen LogP contribution in [0.15, 0.2) is 48.7 Å². The monoisotopic (exact) mass is 467 g/mol. The van der Waals surface area contributed by atoms with Crippen LogP contribution in [-0.2, 0) is 16.0 Å². The second-order valence-electron chi connectivity index (χ2n) is 7.40. The highest BCUT2D eigenvalue weighted by molar-refractivity contribution is 6.30. The summed E-state index contributed by atoms with van der Waals surface area (Å²) in [6.45, 7) is 1.81. The van der Waals surface area contributed by atoms with Crippen LogP contribution in [0.25, 0.3) is 10.9 Å². The number of carbonyl (C=O) groups excluding carboxylic acids is 2. The lowest BCUT2D eigenvalue weighted by molar-refractivity contribution is -0.205. The number of benzene rings is 2. The molecule has 0 aliphatic carbocycles. The van der Waals surface area contributed by atoms with Crippen molar-refractivity contribution in [1.29, 1.82) is 0 Å². The SMILES string of the molecule is C[C@H](Cc1c[nH]c2cc(C(N)=O)ccc12)NC[C@@H](OC(=O)C(F)(F)F)c1cccc(Cl)c1. The van der Waals surface area contributed by atoms with E-state index in [1.165, 1.54) is 6.07 Å². The number of aromatic nitrogens is 1. The van der Waals surface area contributed by atoms with Gasteiger partial charge in [0.25, 0.3) is 0 Å². The van der Waals surface area contributed by atoms with E-state index in [1.54, 1.807) is 42.6 Å². The number of rotatable bonds is 8. The highest BCUT2D eigenvalue weighted by atomic mass is 35.5. The molecule has 0 aliphatic heterocycles. The molecule has 0 aliphatic rings. The van der Waals surface area contributed by atoms with Gasteiger partial charge in [-0.25, -0.2) is 4.79 Å². The van der Waals surface area contributed by atoms with Crippen molar-refractivity contribution in [2.75, 3.05) is 6.54 Å². The van der Waals surface area contributed by atoms with E-state index in [9.17, 15) is 22.8 Å². The molecule has 1 aromatic heterocycles. The first-order chi connectivity index (χ1) is 15.0. The van der Waals surface area contributed by atoms with Crippen molar-refractivity contribution in [2.45, 2.75) is 31.7 Å². The van der Waals surface area contributed by atoms with Crippen LogP contribution >= 0.6 is 11.6 Å². The van der Waals surface area contributed by atoms with Crippen molar-refractivity contribution in [3.05, 3.63) is 70.4 Å². The number of carbonyl (C=O) groups is 2. The molecule has 1 amide bonds. The van der Waals surface area contributed by atoms with Gasteiger partial charge in [0.15, 0.2) is 0 Å². The minimum Gasteiger partial charge on any atom is -0.449 e.